The summed E-state index contributed by atoms with van der Waals surface area (Å²) in [5, 5.41) is 1.07. The molecule has 0 spiro atoms. The van der Waals surface area contributed by atoms with Gasteiger partial charge in [-0.1, -0.05) is 71.7 Å². The molecule has 0 bridgehead atoms. The van der Waals surface area contributed by atoms with E-state index in [2.05, 4.69) is 18.2 Å². The first kappa shape index (κ1) is 17.3. The van der Waals surface area contributed by atoms with Gasteiger partial charge in [0.1, 0.15) is 17.7 Å². The van der Waals surface area contributed by atoms with Gasteiger partial charge in [-0.3, -0.25) is 0 Å². The van der Waals surface area contributed by atoms with Crippen LogP contribution in [0.15, 0.2) is 83.3 Å². The first-order valence-electron chi connectivity index (χ1n) is 8.94. The topological polar surface area (TPSA) is 20.5 Å². The monoisotopic (exact) mass is 405 g/mol. The van der Waals surface area contributed by atoms with E-state index < -0.39 is 0 Å². The summed E-state index contributed by atoms with van der Waals surface area (Å²) in [6.07, 6.45) is 0. The Balaban J connectivity index is 1.84. The quantitative estimate of drug-likeness (QED) is 0.317. The van der Waals surface area contributed by atoms with E-state index in [-0.39, 0.29) is 0 Å². The number of halogens is 2. The second-order valence-corrected chi connectivity index (χ2v) is 7.40. The Bertz CT molecular complexity index is 1170. The third kappa shape index (κ3) is 2.86. The summed E-state index contributed by atoms with van der Waals surface area (Å²) >= 11 is 12.9. The van der Waals surface area contributed by atoms with Crippen LogP contribution >= 0.6 is 23.2 Å². The molecule has 4 heteroatoms. The van der Waals surface area contributed by atoms with Crippen molar-refractivity contribution in [2.24, 2.45) is 0 Å². The lowest BCUT2D eigenvalue weighted by molar-refractivity contribution is 0.296. The molecule has 28 heavy (non-hydrogen) atoms. The van der Waals surface area contributed by atoms with Gasteiger partial charge in [-0.05, 0) is 29.8 Å². The predicted octanol–water partition coefficient (Wildman–Crippen LogP) is 7.76. The van der Waals surface area contributed by atoms with Gasteiger partial charge < -0.3 is 4.74 Å². The van der Waals surface area contributed by atoms with E-state index in [1.807, 2.05) is 48.5 Å². The van der Waals surface area contributed by atoms with Crippen LogP contribution in [0.2, 0.25) is 10.0 Å². The van der Waals surface area contributed by atoms with Crippen molar-refractivity contribution in [1.82, 2.24) is 0 Å². The smallest absolute Gasteiger partial charge is 0.373 e. The van der Waals surface area contributed by atoms with Gasteiger partial charge in [-0.25, -0.2) is 4.42 Å². The molecule has 1 aliphatic rings. The summed E-state index contributed by atoms with van der Waals surface area (Å²) in [5.41, 5.74) is 4.81. The molecule has 136 valence electrons. The fourth-order valence-electron chi connectivity index (χ4n) is 3.54. The molecule has 0 fully saturated rings. The zero-order valence-corrected chi connectivity index (χ0v) is 16.3. The highest BCUT2D eigenvalue weighted by Gasteiger charge is 2.36. The van der Waals surface area contributed by atoms with Crippen LogP contribution in [0.4, 0.5) is 0 Å². The van der Waals surface area contributed by atoms with Crippen LogP contribution in [0, 0.1) is 0 Å². The maximum Gasteiger partial charge on any atom is 0.373 e. The number of hydrogen-bond acceptors (Lipinski definition) is 1. The van der Waals surface area contributed by atoms with Gasteiger partial charge in [0.05, 0.1) is 21.7 Å². The molecule has 0 saturated heterocycles. The third-order valence-corrected chi connectivity index (χ3v) is 5.49. The van der Waals surface area contributed by atoms with Gasteiger partial charge in [0.2, 0.25) is 0 Å². The van der Waals surface area contributed by atoms with Gasteiger partial charge in [0, 0.05) is 5.56 Å². The van der Waals surface area contributed by atoms with Crippen molar-refractivity contribution in [2.45, 2.75) is 6.61 Å². The molecule has 2 heterocycles. The van der Waals surface area contributed by atoms with Crippen LogP contribution in [0.3, 0.4) is 0 Å². The second kappa shape index (κ2) is 6.97. The Morgan fingerprint density at radius 1 is 0.750 bits per heavy atom. The minimum atomic E-state index is 0.366. The number of hydrogen-bond donors (Lipinski definition) is 0. The molecule has 0 amide bonds. The highest BCUT2D eigenvalue weighted by molar-refractivity contribution is 6.36. The van der Waals surface area contributed by atoms with Crippen LogP contribution in [-0.2, 0) is 6.61 Å². The van der Waals surface area contributed by atoms with Crippen molar-refractivity contribution in [2.75, 3.05) is 0 Å². The Hall–Kier alpha value is -2.81. The molecule has 0 radical (unpaired) electrons. The lowest BCUT2D eigenvalue weighted by atomic mass is 9.94. The summed E-state index contributed by atoms with van der Waals surface area (Å²) in [4.78, 5) is 0. The maximum atomic E-state index is 6.54. The predicted molar refractivity (Wildman–Crippen MR) is 114 cm³/mol. The molecule has 0 saturated carbocycles. The van der Waals surface area contributed by atoms with Gasteiger partial charge in [0.25, 0.3) is 0 Å². The van der Waals surface area contributed by atoms with Gasteiger partial charge >= 0.3 is 11.5 Å². The van der Waals surface area contributed by atoms with E-state index in [0.29, 0.717) is 33.7 Å². The molecule has 3 aromatic carbocycles. The van der Waals surface area contributed by atoms with E-state index in [1.54, 1.807) is 12.1 Å². The average molecular weight is 406 g/mol. The second-order valence-electron chi connectivity index (χ2n) is 6.59. The normalized spacial score (nSPS) is 12.1. The van der Waals surface area contributed by atoms with E-state index in [0.717, 1.165) is 28.0 Å². The summed E-state index contributed by atoms with van der Waals surface area (Å²) in [7, 11) is 0. The van der Waals surface area contributed by atoms with Crippen molar-refractivity contribution < 1.29 is 9.15 Å². The van der Waals surface area contributed by atoms with E-state index >= 15 is 0 Å². The molecule has 0 N–H and O–H groups in total. The van der Waals surface area contributed by atoms with Crippen molar-refractivity contribution in [3.63, 3.8) is 0 Å². The van der Waals surface area contributed by atoms with Crippen molar-refractivity contribution in [3.05, 3.63) is 94.5 Å². The lowest BCUT2D eigenvalue weighted by Crippen LogP contribution is -2.08. The maximum absolute atomic E-state index is 6.54. The number of fused-ring (bicyclic) bond motifs is 3. The fraction of sp³-hybridized carbons (Fsp3) is 0.0417. The fourth-order valence-corrected chi connectivity index (χ4v) is 3.98. The Kier molecular flexibility index (Phi) is 4.31. The number of ether oxygens (including phenoxy) is 1. The van der Waals surface area contributed by atoms with Gasteiger partial charge in [0.15, 0.2) is 5.75 Å². The minimum absolute atomic E-state index is 0.366. The largest absolute Gasteiger partial charge is 0.486 e. The third-order valence-electron chi connectivity index (χ3n) is 4.88. The van der Waals surface area contributed by atoms with Crippen LogP contribution in [0.25, 0.3) is 33.8 Å². The first-order valence-corrected chi connectivity index (χ1v) is 9.70. The molecule has 4 aromatic rings. The zero-order valence-electron chi connectivity index (χ0n) is 14.8. The van der Waals surface area contributed by atoms with Crippen LogP contribution in [-0.4, -0.2) is 0 Å². The van der Waals surface area contributed by atoms with E-state index in [9.17, 15) is 0 Å². The molecule has 1 aromatic heterocycles. The highest BCUT2D eigenvalue weighted by Crippen LogP contribution is 2.49. The summed E-state index contributed by atoms with van der Waals surface area (Å²) in [6, 6.07) is 25.8. The molecular formula is C24H15Cl2O2+. The van der Waals surface area contributed by atoms with E-state index in [4.69, 9.17) is 32.4 Å². The van der Waals surface area contributed by atoms with Gasteiger partial charge in [-0.2, -0.15) is 0 Å². The highest BCUT2D eigenvalue weighted by atomic mass is 35.5. The molecule has 0 atom stereocenters. The molecule has 0 aliphatic carbocycles. The molecule has 5 rings (SSSR count). The molecule has 1 aliphatic heterocycles. The molecule has 2 nitrogen and oxygen atoms in total. The minimum Gasteiger partial charge on any atom is -0.486 e. The SMILES string of the molecule is Clc1ccc(Cl)c2c1OCc1c(-c3ccccc3)cc(-c3ccccc3)[o+]c1-2. The Morgan fingerprint density at radius 3 is 2.11 bits per heavy atom. The van der Waals surface area contributed by atoms with E-state index in [1.165, 1.54) is 0 Å². The van der Waals surface area contributed by atoms with Crippen molar-refractivity contribution >= 4 is 23.2 Å². The summed E-state index contributed by atoms with van der Waals surface area (Å²) in [6.45, 7) is 0.366. The van der Waals surface area contributed by atoms with Crippen LogP contribution in [0.1, 0.15) is 5.56 Å². The number of rotatable bonds is 2. The van der Waals surface area contributed by atoms with Crippen molar-refractivity contribution in [3.8, 4) is 39.5 Å². The Labute approximate surface area is 172 Å². The zero-order chi connectivity index (χ0) is 19.1. The molecule has 0 unspecified atom stereocenters. The van der Waals surface area contributed by atoms with Crippen LogP contribution < -0.4 is 4.74 Å². The summed E-state index contributed by atoms with van der Waals surface area (Å²) in [5.74, 6) is 2.03. The van der Waals surface area contributed by atoms with Crippen molar-refractivity contribution in [1.29, 1.82) is 0 Å². The summed E-state index contributed by atoms with van der Waals surface area (Å²) < 4.78 is 12.4. The Morgan fingerprint density at radius 2 is 1.39 bits per heavy atom. The van der Waals surface area contributed by atoms with Gasteiger partial charge in [-0.15, -0.1) is 0 Å². The number of benzene rings is 3. The van der Waals surface area contributed by atoms with Crippen LogP contribution in [0.5, 0.6) is 5.75 Å². The first-order chi connectivity index (χ1) is 13.7. The average Bonchev–Trinajstić information content (AvgIpc) is 2.76. The standard InChI is InChI=1S/C24H15Cl2O2/c25-19-11-12-20(26)24-22(19)23-18(14-27-24)17(15-7-3-1-4-8-15)13-21(28-23)16-9-5-2-6-10-16/h1-13H,14H2/q+1. The lowest BCUT2D eigenvalue weighted by Gasteiger charge is -2.19. The molecular weight excluding hydrogens is 391 g/mol.